The summed E-state index contributed by atoms with van der Waals surface area (Å²) in [4.78, 5) is 17.9. The van der Waals surface area contributed by atoms with Crippen molar-refractivity contribution in [1.82, 2.24) is 0 Å². The lowest BCUT2D eigenvalue weighted by atomic mass is 13.3. The monoisotopic (exact) mass is 95.0 g/mol. The van der Waals surface area contributed by atoms with Crippen LogP contribution in [0.1, 0.15) is 0 Å². The van der Waals surface area contributed by atoms with Crippen molar-refractivity contribution in [2.24, 2.45) is 4.88 Å². The van der Waals surface area contributed by atoms with Crippen LogP contribution in [0.2, 0.25) is 0 Å². The van der Waals surface area contributed by atoms with E-state index in [1.807, 2.05) is 0 Å². The molecule has 0 aromatic carbocycles. The van der Waals surface area contributed by atoms with Gasteiger partial charge in [0.25, 0.3) is 0 Å². The average Bonchev–Trinajstić information content (AvgIpc) is 1.38. The van der Waals surface area contributed by atoms with Crippen molar-refractivity contribution in [2.75, 3.05) is 0 Å². The van der Waals surface area contributed by atoms with Gasteiger partial charge in [0.2, 0.25) is 0 Å². The second-order valence-corrected chi connectivity index (χ2v) is 1.15. The maximum absolute atomic E-state index is 7.69. The third kappa shape index (κ3) is 3.95. The summed E-state index contributed by atoms with van der Waals surface area (Å²) < 4.78 is 0. The molecule has 0 aromatic rings. The zero-order valence-electron chi connectivity index (χ0n) is 2.37. The third-order valence-corrected chi connectivity index (χ3v) is 0.310. The van der Waals surface area contributed by atoms with E-state index < -0.39 is 8.53 Å². The molecular formula is H4N2O2P+. The van der Waals surface area contributed by atoms with Crippen molar-refractivity contribution < 1.29 is 15.3 Å². The van der Waals surface area contributed by atoms with Gasteiger partial charge in [-0.05, 0) is 0 Å². The van der Waals surface area contributed by atoms with Crippen molar-refractivity contribution in [3.63, 3.8) is 0 Å². The van der Waals surface area contributed by atoms with Crippen molar-refractivity contribution in [3.05, 3.63) is 0 Å². The van der Waals surface area contributed by atoms with Gasteiger partial charge in [0.1, 0.15) is 0 Å². The molecule has 0 atom stereocenters. The standard InChI is InChI=1S/H3N2O2P/c1-2-5(3)4/h1,3-4H/p+1. The molecule has 0 aliphatic carbocycles. The number of rotatable bonds is 1. The van der Waals surface area contributed by atoms with Gasteiger partial charge in [0, 0.05) is 4.88 Å². The summed E-state index contributed by atoms with van der Waals surface area (Å²) in [5, 5.41) is 0. The highest BCUT2D eigenvalue weighted by Crippen LogP contribution is 2.20. The van der Waals surface area contributed by atoms with Crippen molar-refractivity contribution in [1.29, 1.82) is 0 Å². The van der Waals surface area contributed by atoms with Crippen LogP contribution in [0.25, 0.3) is 0 Å². The van der Waals surface area contributed by atoms with Gasteiger partial charge in [0.15, 0.2) is 0 Å². The van der Waals surface area contributed by atoms with Crippen LogP contribution >= 0.6 is 8.53 Å². The van der Waals surface area contributed by atoms with Gasteiger partial charge in [0.05, 0.1) is 0 Å². The maximum Gasteiger partial charge on any atom is 0.372 e. The summed E-state index contributed by atoms with van der Waals surface area (Å²) in [6.45, 7) is 0. The van der Waals surface area contributed by atoms with E-state index in [4.69, 9.17) is 9.79 Å². The SMILES string of the molecule is [NH2+]=NP(O)O. The minimum atomic E-state index is -2.20. The molecule has 0 aromatic heterocycles. The molecule has 0 spiro atoms. The number of hydrogen-bond acceptors (Lipinski definition) is 3. The topological polar surface area (TPSA) is 78.4 Å². The van der Waals surface area contributed by atoms with Crippen LogP contribution in [0, 0.1) is 0 Å². The number of nitrogens with zero attached hydrogens (tertiary/aromatic N) is 1. The first-order valence-corrected chi connectivity index (χ1v) is 2.06. The van der Waals surface area contributed by atoms with Crippen LogP contribution < -0.4 is 5.53 Å². The minimum Gasteiger partial charge on any atom is -0.328 e. The van der Waals surface area contributed by atoms with Gasteiger partial charge >= 0.3 is 8.53 Å². The van der Waals surface area contributed by atoms with E-state index in [1.165, 1.54) is 0 Å². The molecule has 5 heavy (non-hydrogen) atoms. The first kappa shape index (κ1) is 4.95. The molecule has 0 radical (unpaired) electrons. The fourth-order valence-corrected chi connectivity index (χ4v) is 0. The zero-order chi connectivity index (χ0) is 4.28. The molecule has 0 aliphatic heterocycles. The maximum atomic E-state index is 7.69. The highest BCUT2D eigenvalue weighted by Gasteiger charge is 1.89. The molecule has 0 fully saturated rings. The average molecular weight is 95.0 g/mol. The van der Waals surface area contributed by atoms with E-state index in [0.717, 1.165) is 0 Å². The van der Waals surface area contributed by atoms with Gasteiger partial charge in [-0.3, -0.25) is 0 Å². The molecule has 30 valence electrons. The Morgan fingerprint density at radius 2 is 1.80 bits per heavy atom. The van der Waals surface area contributed by atoms with Gasteiger partial charge in [-0.2, -0.15) is 0 Å². The van der Waals surface area contributed by atoms with E-state index in [0.29, 0.717) is 0 Å². The van der Waals surface area contributed by atoms with E-state index in [-0.39, 0.29) is 0 Å². The molecule has 0 saturated heterocycles. The van der Waals surface area contributed by atoms with E-state index in [2.05, 4.69) is 10.4 Å². The van der Waals surface area contributed by atoms with Crippen LogP contribution in [0.3, 0.4) is 0 Å². The lowest BCUT2D eigenvalue weighted by Gasteiger charge is -1.73. The summed E-state index contributed by atoms with van der Waals surface area (Å²) in [5.74, 6) is 0. The summed E-state index contributed by atoms with van der Waals surface area (Å²) in [5.41, 5.74) is 4.33. The van der Waals surface area contributed by atoms with Gasteiger partial charge in [-0.15, -0.1) is 5.53 Å². The van der Waals surface area contributed by atoms with Crippen LogP contribution in [0.4, 0.5) is 0 Å². The fraction of sp³-hybridized carbons (Fsp3) is 0. The highest BCUT2D eigenvalue weighted by atomic mass is 31.2. The quantitative estimate of drug-likeness (QED) is 0.271. The van der Waals surface area contributed by atoms with E-state index in [1.54, 1.807) is 0 Å². The molecule has 0 heterocycles. The number of hydrogen-bond donors (Lipinski definition) is 3. The normalized spacial score (nSPS) is 8.60. The van der Waals surface area contributed by atoms with Gasteiger partial charge in [-0.25, -0.2) is 0 Å². The van der Waals surface area contributed by atoms with Gasteiger partial charge < -0.3 is 9.79 Å². The Labute approximate surface area is 29.9 Å². The Morgan fingerprint density at radius 1 is 1.60 bits per heavy atom. The van der Waals surface area contributed by atoms with Crippen LogP contribution in [-0.2, 0) is 0 Å². The smallest absolute Gasteiger partial charge is 0.328 e. The lowest BCUT2D eigenvalue weighted by Crippen LogP contribution is -2.21. The van der Waals surface area contributed by atoms with Crippen molar-refractivity contribution >= 4 is 8.53 Å². The molecule has 0 rings (SSSR count). The Bertz CT molecular complexity index is 34.6. The molecule has 0 aliphatic rings. The Balaban J connectivity index is 2.83. The second kappa shape index (κ2) is 2.20. The molecule has 0 amide bonds. The molecule has 4 nitrogen and oxygen atoms in total. The number of nitrogens with two attached hydrogens (primary N) is 1. The van der Waals surface area contributed by atoms with Crippen LogP contribution in [0.5, 0.6) is 0 Å². The Morgan fingerprint density at radius 3 is 1.80 bits per heavy atom. The summed E-state index contributed by atoms with van der Waals surface area (Å²) >= 11 is 0. The molecule has 0 saturated carbocycles. The molecule has 0 bridgehead atoms. The minimum absolute atomic E-state index is 2.20. The van der Waals surface area contributed by atoms with Crippen molar-refractivity contribution in [2.45, 2.75) is 0 Å². The predicted molar refractivity (Wildman–Crippen MR) is 15.7 cm³/mol. The Hall–Kier alpha value is -0.0500. The largest absolute Gasteiger partial charge is 0.372 e. The molecule has 4 N–H and O–H groups in total. The first-order chi connectivity index (χ1) is 2.27. The summed E-state index contributed by atoms with van der Waals surface area (Å²) in [6, 6.07) is 0. The van der Waals surface area contributed by atoms with Crippen molar-refractivity contribution in [3.8, 4) is 0 Å². The third-order valence-electron chi connectivity index (χ3n) is 0.103. The first-order valence-electron chi connectivity index (χ1n) is 0.858. The van der Waals surface area contributed by atoms with Gasteiger partial charge in [-0.1, -0.05) is 0 Å². The highest BCUT2D eigenvalue weighted by molar-refractivity contribution is 7.43. The second-order valence-electron chi connectivity index (χ2n) is 0.384. The van der Waals surface area contributed by atoms with Crippen LogP contribution in [-0.4, -0.2) is 9.79 Å². The summed E-state index contributed by atoms with van der Waals surface area (Å²) in [6.07, 6.45) is 0. The molecule has 0 unspecified atom stereocenters. The fourth-order valence-electron chi connectivity index (χ4n) is 0. The predicted octanol–water partition coefficient (Wildman–Crippen LogP) is -1.59. The molecular weight excluding hydrogens is 91.0 g/mol. The van der Waals surface area contributed by atoms with E-state index >= 15 is 0 Å². The summed E-state index contributed by atoms with van der Waals surface area (Å²) in [7, 11) is -2.20. The van der Waals surface area contributed by atoms with Crippen LogP contribution in [0.15, 0.2) is 4.88 Å². The Kier molecular flexibility index (Phi) is 2.18. The molecule has 5 heteroatoms. The zero-order valence-corrected chi connectivity index (χ0v) is 3.26. The lowest BCUT2D eigenvalue weighted by molar-refractivity contribution is -0.205. The van der Waals surface area contributed by atoms with E-state index in [9.17, 15) is 0 Å².